The molecule has 0 unspecified atom stereocenters. The lowest BCUT2D eigenvalue weighted by molar-refractivity contribution is -0.133. The molecule has 0 aliphatic carbocycles. The molecular formula is C27H34O6. The van der Waals surface area contributed by atoms with Gasteiger partial charge in [-0.2, -0.15) is 0 Å². The lowest BCUT2D eigenvalue weighted by Gasteiger charge is -2.07. The van der Waals surface area contributed by atoms with Gasteiger partial charge in [0.2, 0.25) is 0 Å². The minimum atomic E-state index is -0.963. The summed E-state index contributed by atoms with van der Waals surface area (Å²) < 4.78 is 10.8. The Hall–Kier alpha value is -3.54. The van der Waals surface area contributed by atoms with E-state index in [2.05, 4.69) is 6.92 Å². The molecule has 0 fully saturated rings. The Morgan fingerprint density at radius 1 is 0.909 bits per heavy atom. The third-order valence-corrected chi connectivity index (χ3v) is 4.71. The first-order chi connectivity index (χ1) is 15.8. The molecule has 0 atom stereocenters. The van der Waals surface area contributed by atoms with E-state index in [0.29, 0.717) is 12.2 Å². The largest absolute Gasteiger partial charge is 0.497 e. The third kappa shape index (κ3) is 12.8. The van der Waals surface area contributed by atoms with Crippen molar-refractivity contribution in [2.75, 3.05) is 7.11 Å². The fourth-order valence-corrected chi connectivity index (χ4v) is 2.71. The first kappa shape index (κ1) is 27.5. The van der Waals surface area contributed by atoms with E-state index in [1.807, 2.05) is 48.5 Å². The summed E-state index contributed by atoms with van der Waals surface area (Å²) >= 11 is 0. The predicted octanol–water partition coefficient (Wildman–Crippen LogP) is 6.36. The van der Waals surface area contributed by atoms with Gasteiger partial charge in [0.1, 0.15) is 18.1 Å². The number of hydrogen-bond donors (Lipinski definition) is 2. The number of ether oxygens (including phenoxy) is 2. The van der Waals surface area contributed by atoms with E-state index in [-0.39, 0.29) is 0 Å². The molecule has 6 nitrogen and oxygen atoms in total. The zero-order valence-corrected chi connectivity index (χ0v) is 19.6. The number of methoxy groups -OCH3 is 1. The van der Waals surface area contributed by atoms with Crippen LogP contribution in [-0.2, 0) is 16.2 Å². The monoisotopic (exact) mass is 454 g/mol. The van der Waals surface area contributed by atoms with Crippen molar-refractivity contribution in [2.24, 2.45) is 0 Å². The number of carbonyl (C=O) groups is 2. The first-order valence-corrected chi connectivity index (χ1v) is 11.0. The van der Waals surface area contributed by atoms with E-state index in [9.17, 15) is 9.59 Å². The van der Waals surface area contributed by atoms with Gasteiger partial charge in [0, 0.05) is 11.6 Å². The Kier molecular flexibility index (Phi) is 13.5. The van der Waals surface area contributed by atoms with Crippen LogP contribution in [0.2, 0.25) is 0 Å². The molecule has 0 bridgehead atoms. The minimum absolute atomic E-state index is 0.464. The quantitative estimate of drug-likeness (QED) is 0.286. The number of hydrogen-bond acceptors (Lipinski definition) is 4. The van der Waals surface area contributed by atoms with Crippen molar-refractivity contribution in [1.29, 1.82) is 0 Å². The van der Waals surface area contributed by atoms with Gasteiger partial charge in [-0.3, -0.25) is 0 Å². The van der Waals surface area contributed by atoms with Crippen LogP contribution in [-0.4, -0.2) is 29.3 Å². The van der Waals surface area contributed by atoms with Crippen LogP contribution >= 0.6 is 0 Å². The highest BCUT2D eigenvalue weighted by molar-refractivity contribution is 5.85. The van der Waals surface area contributed by atoms with Gasteiger partial charge in [0.05, 0.1) is 7.11 Å². The Balaban J connectivity index is 0.000000389. The molecule has 178 valence electrons. The molecule has 2 rings (SSSR count). The smallest absolute Gasteiger partial charge is 0.330 e. The lowest BCUT2D eigenvalue weighted by Crippen LogP contribution is -1.95. The lowest BCUT2D eigenvalue weighted by atomic mass is 10.1. The van der Waals surface area contributed by atoms with Crippen molar-refractivity contribution in [3.8, 4) is 11.5 Å². The molecule has 0 radical (unpaired) electrons. The molecule has 0 saturated carbocycles. The maximum atomic E-state index is 10.4. The van der Waals surface area contributed by atoms with Crippen LogP contribution in [0.5, 0.6) is 11.5 Å². The summed E-state index contributed by atoms with van der Waals surface area (Å²) in [7, 11) is 1.63. The molecule has 0 heterocycles. The van der Waals surface area contributed by atoms with Gasteiger partial charge in [-0.15, -0.1) is 0 Å². The second-order valence-corrected chi connectivity index (χ2v) is 7.42. The van der Waals surface area contributed by atoms with Crippen LogP contribution in [0.25, 0.3) is 6.08 Å². The van der Waals surface area contributed by atoms with Gasteiger partial charge < -0.3 is 19.7 Å². The summed E-state index contributed by atoms with van der Waals surface area (Å²) in [4.78, 5) is 20.8. The van der Waals surface area contributed by atoms with Gasteiger partial charge in [0.15, 0.2) is 0 Å². The average molecular weight is 455 g/mol. The van der Waals surface area contributed by atoms with Crippen molar-refractivity contribution < 1.29 is 29.3 Å². The zero-order valence-electron chi connectivity index (χ0n) is 19.6. The van der Waals surface area contributed by atoms with Gasteiger partial charge >= 0.3 is 11.9 Å². The molecule has 6 heteroatoms. The topological polar surface area (TPSA) is 93.1 Å². The zero-order chi connectivity index (χ0) is 24.5. The number of allylic oxidation sites excluding steroid dienone is 1. The maximum absolute atomic E-state index is 10.4. The van der Waals surface area contributed by atoms with Crippen LogP contribution in [0.15, 0.2) is 66.3 Å². The number of carboxylic acids is 2. The van der Waals surface area contributed by atoms with Crippen LogP contribution in [0.3, 0.4) is 0 Å². The first-order valence-electron chi connectivity index (χ1n) is 11.0. The molecule has 0 aliphatic rings. The Labute approximate surface area is 196 Å². The molecular weight excluding hydrogens is 420 g/mol. The van der Waals surface area contributed by atoms with Gasteiger partial charge in [-0.1, -0.05) is 56.5 Å². The Morgan fingerprint density at radius 3 is 2.09 bits per heavy atom. The SMILES string of the molecule is CCCCCCC=C(C)C(=O)O.COc1ccc(COc2ccc(C=CC(=O)O)cc2)cc1. The van der Waals surface area contributed by atoms with Crippen LogP contribution < -0.4 is 9.47 Å². The molecule has 0 aromatic heterocycles. The average Bonchev–Trinajstić information content (AvgIpc) is 2.82. The number of carboxylic acid groups (broad SMARTS) is 2. The minimum Gasteiger partial charge on any atom is -0.497 e. The molecule has 2 aromatic carbocycles. The van der Waals surface area contributed by atoms with Crippen molar-refractivity contribution in [3.05, 3.63) is 77.4 Å². The fourth-order valence-electron chi connectivity index (χ4n) is 2.71. The molecule has 0 saturated heterocycles. The standard InChI is InChI=1S/C17H16O4.C10H18O2/c1-20-15-7-4-14(5-8-15)12-21-16-9-2-13(3-10-16)6-11-17(18)19;1-3-4-5-6-7-8-9(2)10(11)12/h2-11H,12H2,1H3,(H,18,19);8H,3-7H2,1-2H3,(H,11,12). The van der Waals surface area contributed by atoms with Crippen molar-refractivity contribution in [1.82, 2.24) is 0 Å². The van der Waals surface area contributed by atoms with Gasteiger partial charge in [-0.05, 0) is 61.2 Å². The second kappa shape index (κ2) is 16.1. The highest BCUT2D eigenvalue weighted by Gasteiger charge is 1.98. The van der Waals surface area contributed by atoms with Crippen LogP contribution in [0.1, 0.15) is 57.1 Å². The molecule has 0 amide bonds. The number of rotatable bonds is 12. The molecule has 2 aromatic rings. The van der Waals surface area contributed by atoms with E-state index in [1.54, 1.807) is 20.1 Å². The van der Waals surface area contributed by atoms with E-state index < -0.39 is 11.9 Å². The van der Waals surface area contributed by atoms with E-state index >= 15 is 0 Å². The third-order valence-electron chi connectivity index (χ3n) is 4.71. The molecule has 33 heavy (non-hydrogen) atoms. The normalized spacial score (nSPS) is 10.9. The maximum Gasteiger partial charge on any atom is 0.330 e. The van der Waals surface area contributed by atoms with Crippen molar-refractivity contribution in [2.45, 2.75) is 52.6 Å². The summed E-state index contributed by atoms with van der Waals surface area (Å²) in [5.41, 5.74) is 2.33. The number of unbranched alkanes of at least 4 members (excludes halogenated alkanes) is 4. The highest BCUT2D eigenvalue weighted by atomic mass is 16.5. The van der Waals surface area contributed by atoms with Gasteiger partial charge in [-0.25, -0.2) is 9.59 Å². The predicted molar refractivity (Wildman–Crippen MR) is 131 cm³/mol. The summed E-state index contributed by atoms with van der Waals surface area (Å²) in [5, 5.41) is 17.1. The number of aliphatic carboxylic acids is 2. The van der Waals surface area contributed by atoms with Gasteiger partial charge in [0.25, 0.3) is 0 Å². The van der Waals surface area contributed by atoms with E-state index in [4.69, 9.17) is 19.7 Å². The Bertz CT molecular complexity index is 895. The second-order valence-electron chi connectivity index (χ2n) is 7.42. The summed E-state index contributed by atoms with van der Waals surface area (Å²) in [6.07, 6.45) is 10.1. The van der Waals surface area contributed by atoms with E-state index in [0.717, 1.165) is 41.5 Å². The molecule has 0 aliphatic heterocycles. The number of benzene rings is 2. The fraction of sp³-hybridized carbons (Fsp3) is 0.333. The van der Waals surface area contributed by atoms with E-state index in [1.165, 1.54) is 25.3 Å². The molecule has 2 N–H and O–H groups in total. The van der Waals surface area contributed by atoms with Crippen molar-refractivity contribution >= 4 is 18.0 Å². The highest BCUT2D eigenvalue weighted by Crippen LogP contribution is 2.17. The summed E-state index contributed by atoms with van der Waals surface area (Å²) in [6, 6.07) is 14.9. The van der Waals surface area contributed by atoms with Crippen LogP contribution in [0.4, 0.5) is 0 Å². The van der Waals surface area contributed by atoms with Crippen LogP contribution in [0, 0.1) is 0 Å². The van der Waals surface area contributed by atoms with Crippen molar-refractivity contribution in [3.63, 3.8) is 0 Å². The Morgan fingerprint density at radius 2 is 1.55 bits per heavy atom. The molecule has 0 spiro atoms. The summed E-state index contributed by atoms with van der Waals surface area (Å²) in [5.74, 6) is -0.216. The summed E-state index contributed by atoms with van der Waals surface area (Å²) in [6.45, 7) is 4.27.